The fourth-order valence-electron chi connectivity index (χ4n) is 4.76. The van der Waals surface area contributed by atoms with Crippen LogP contribution in [0.4, 0.5) is 0 Å². The number of hydrogen-bond donors (Lipinski definition) is 3. The predicted octanol–water partition coefficient (Wildman–Crippen LogP) is 4.62. The van der Waals surface area contributed by atoms with E-state index in [9.17, 15) is 24.7 Å². The Hall–Kier alpha value is -4.50. The third-order valence-corrected chi connectivity index (χ3v) is 6.82. The number of aromatic nitrogens is 2. The van der Waals surface area contributed by atoms with Crippen molar-refractivity contribution < 1.29 is 24.7 Å². The summed E-state index contributed by atoms with van der Waals surface area (Å²) in [7, 11) is 0. The Balaban J connectivity index is 1.66. The minimum absolute atomic E-state index is 0.0535. The lowest BCUT2D eigenvalue weighted by Crippen LogP contribution is -2.45. The number of rotatable bonds is 11. The standard InChI is InChI=1S/C31H34N4O5/c1-4-8-28-33-29-20(2)15-25(17-27(29)34(28)18-23-11-13-24(14-12-23)31(38)39)30(37)32-26(19-35(40)21(3)36)16-22-9-6-5-7-10-22/h5-7,9-15,17,26,40H,4,8,16,18-19H2,1-3H3,(H,32,37)(H,38,39)/t26-/m1/s1. The molecular formula is C31H34N4O5. The molecule has 3 N–H and O–H groups in total. The number of hydroxylamine groups is 2. The fourth-order valence-corrected chi connectivity index (χ4v) is 4.76. The molecule has 0 aliphatic heterocycles. The average Bonchev–Trinajstić information content (AvgIpc) is 3.27. The van der Waals surface area contributed by atoms with Crippen molar-refractivity contribution in [2.24, 2.45) is 0 Å². The number of nitrogens with zero attached hydrogens (tertiary/aromatic N) is 3. The fraction of sp³-hybridized carbons (Fsp3) is 0.290. The molecule has 0 fully saturated rings. The highest BCUT2D eigenvalue weighted by Crippen LogP contribution is 2.25. The van der Waals surface area contributed by atoms with Crippen LogP contribution in [-0.2, 0) is 24.2 Å². The molecule has 208 valence electrons. The first-order valence-electron chi connectivity index (χ1n) is 13.3. The normalized spacial score (nSPS) is 11.8. The van der Waals surface area contributed by atoms with Crippen molar-refractivity contribution in [1.82, 2.24) is 19.9 Å². The van der Waals surface area contributed by atoms with Crippen LogP contribution in [0.5, 0.6) is 0 Å². The minimum Gasteiger partial charge on any atom is -0.478 e. The number of imidazole rings is 1. The molecule has 9 nitrogen and oxygen atoms in total. The van der Waals surface area contributed by atoms with Crippen molar-refractivity contribution in [2.75, 3.05) is 6.54 Å². The first kappa shape index (κ1) is 28.5. The van der Waals surface area contributed by atoms with Crippen LogP contribution in [0.2, 0.25) is 0 Å². The van der Waals surface area contributed by atoms with E-state index in [0.29, 0.717) is 23.6 Å². The Kier molecular flexibility index (Phi) is 8.96. The van der Waals surface area contributed by atoms with Gasteiger partial charge in [0.25, 0.3) is 5.91 Å². The van der Waals surface area contributed by atoms with E-state index in [1.54, 1.807) is 30.3 Å². The second-order valence-corrected chi connectivity index (χ2v) is 9.99. The van der Waals surface area contributed by atoms with Crippen molar-refractivity contribution in [1.29, 1.82) is 0 Å². The Morgan fingerprint density at radius 1 is 1.00 bits per heavy atom. The number of carbonyl (C=O) groups excluding carboxylic acids is 2. The Morgan fingerprint density at radius 2 is 1.70 bits per heavy atom. The van der Waals surface area contributed by atoms with Gasteiger partial charge in [-0.1, -0.05) is 49.4 Å². The van der Waals surface area contributed by atoms with E-state index in [4.69, 9.17) is 4.98 Å². The van der Waals surface area contributed by atoms with Gasteiger partial charge < -0.3 is 15.0 Å². The van der Waals surface area contributed by atoms with Gasteiger partial charge in [-0.2, -0.15) is 0 Å². The maximum absolute atomic E-state index is 13.5. The minimum atomic E-state index is -0.976. The Labute approximate surface area is 233 Å². The predicted molar refractivity (Wildman–Crippen MR) is 152 cm³/mol. The summed E-state index contributed by atoms with van der Waals surface area (Å²) in [5, 5.41) is 23.0. The van der Waals surface area contributed by atoms with Crippen LogP contribution in [0.15, 0.2) is 66.7 Å². The van der Waals surface area contributed by atoms with Gasteiger partial charge in [0.2, 0.25) is 5.91 Å². The van der Waals surface area contributed by atoms with Crippen molar-refractivity contribution in [3.05, 3.63) is 100 Å². The zero-order valence-electron chi connectivity index (χ0n) is 22.9. The molecule has 4 rings (SSSR count). The van der Waals surface area contributed by atoms with Gasteiger partial charge in [0.15, 0.2) is 0 Å². The molecule has 3 aromatic carbocycles. The van der Waals surface area contributed by atoms with Crippen LogP contribution in [0.25, 0.3) is 11.0 Å². The SMILES string of the molecule is CCCc1nc2c(C)cc(C(=O)N[C@H](Cc3ccccc3)CN(O)C(C)=O)cc2n1Cc1ccc(C(=O)O)cc1. The summed E-state index contributed by atoms with van der Waals surface area (Å²) in [6.07, 6.45) is 2.07. The van der Waals surface area contributed by atoms with Gasteiger partial charge in [-0.15, -0.1) is 0 Å². The lowest BCUT2D eigenvalue weighted by molar-refractivity contribution is -0.163. The molecule has 1 aromatic heterocycles. The molecule has 0 aliphatic carbocycles. The third kappa shape index (κ3) is 6.73. The quantitative estimate of drug-likeness (QED) is 0.188. The Bertz CT molecular complexity index is 1510. The van der Waals surface area contributed by atoms with Crippen LogP contribution < -0.4 is 5.32 Å². The molecule has 0 bridgehead atoms. The van der Waals surface area contributed by atoms with Gasteiger partial charge in [0, 0.05) is 25.5 Å². The van der Waals surface area contributed by atoms with Crippen molar-refractivity contribution in [2.45, 2.75) is 52.6 Å². The van der Waals surface area contributed by atoms with E-state index in [-0.39, 0.29) is 18.0 Å². The molecule has 0 aliphatic rings. The molecule has 4 aromatic rings. The largest absolute Gasteiger partial charge is 0.478 e. The van der Waals surface area contributed by atoms with E-state index in [0.717, 1.165) is 46.4 Å². The molecule has 2 amide bonds. The van der Waals surface area contributed by atoms with E-state index < -0.39 is 17.9 Å². The van der Waals surface area contributed by atoms with E-state index in [2.05, 4.69) is 16.8 Å². The summed E-state index contributed by atoms with van der Waals surface area (Å²) < 4.78 is 2.07. The monoisotopic (exact) mass is 542 g/mol. The number of benzene rings is 3. The van der Waals surface area contributed by atoms with Crippen molar-refractivity contribution in [3.63, 3.8) is 0 Å². The topological polar surface area (TPSA) is 125 Å². The average molecular weight is 543 g/mol. The summed E-state index contributed by atoms with van der Waals surface area (Å²) in [6, 6.07) is 19.4. The van der Waals surface area contributed by atoms with Gasteiger partial charge in [-0.25, -0.2) is 14.8 Å². The molecule has 0 radical (unpaired) electrons. The van der Waals surface area contributed by atoms with Gasteiger partial charge in [0.1, 0.15) is 5.82 Å². The van der Waals surface area contributed by atoms with Crippen molar-refractivity contribution >= 4 is 28.8 Å². The molecule has 0 unspecified atom stereocenters. The van der Waals surface area contributed by atoms with Crippen LogP contribution in [0.3, 0.4) is 0 Å². The molecule has 1 heterocycles. The van der Waals surface area contributed by atoms with Gasteiger partial charge in [0.05, 0.1) is 29.2 Å². The Morgan fingerprint density at radius 3 is 2.33 bits per heavy atom. The highest BCUT2D eigenvalue weighted by Gasteiger charge is 2.21. The lowest BCUT2D eigenvalue weighted by atomic mass is 10.0. The first-order valence-corrected chi connectivity index (χ1v) is 13.3. The number of aryl methyl sites for hydroxylation is 2. The zero-order chi connectivity index (χ0) is 28.8. The summed E-state index contributed by atoms with van der Waals surface area (Å²) in [5.74, 6) is -0.914. The maximum atomic E-state index is 13.5. The summed E-state index contributed by atoms with van der Waals surface area (Å²) in [5.41, 5.74) is 5.02. The molecule has 0 saturated carbocycles. The number of amides is 2. The molecule has 9 heteroatoms. The number of aromatic carboxylic acids is 1. The second kappa shape index (κ2) is 12.6. The third-order valence-electron chi connectivity index (χ3n) is 6.82. The van der Waals surface area contributed by atoms with E-state index in [1.165, 1.54) is 6.92 Å². The second-order valence-electron chi connectivity index (χ2n) is 9.99. The number of carbonyl (C=O) groups is 3. The lowest BCUT2D eigenvalue weighted by Gasteiger charge is -2.23. The van der Waals surface area contributed by atoms with Gasteiger partial charge in [-0.3, -0.25) is 14.8 Å². The van der Waals surface area contributed by atoms with Crippen LogP contribution in [0.1, 0.15) is 63.5 Å². The van der Waals surface area contributed by atoms with Crippen LogP contribution in [0, 0.1) is 6.92 Å². The maximum Gasteiger partial charge on any atom is 0.335 e. The number of fused-ring (bicyclic) bond motifs is 1. The number of hydrogen-bond acceptors (Lipinski definition) is 5. The molecule has 0 saturated heterocycles. The first-order chi connectivity index (χ1) is 19.2. The van der Waals surface area contributed by atoms with Gasteiger partial charge >= 0.3 is 5.97 Å². The molecule has 40 heavy (non-hydrogen) atoms. The highest BCUT2D eigenvalue weighted by molar-refractivity contribution is 5.98. The highest BCUT2D eigenvalue weighted by atomic mass is 16.5. The number of carboxylic acids is 1. The van der Waals surface area contributed by atoms with Crippen LogP contribution >= 0.6 is 0 Å². The van der Waals surface area contributed by atoms with Crippen molar-refractivity contribution in [3.8, 4) is 0 Å². The molecule has 1 atom stereocenters. The smallest absolute Gasteiger partial charge is 0.335 e. The summed E-state index contributed by atoms with van der Waals surface area (Å²) in [6.45, 7) is 5.69. The molecular weight excluding hydrogens is 508 g/mol. The number of carboxylic acid groups (broad SMARTS) is 1. The summed E-state index contributed by atoms with van der Waals surface area (Å²) in [4.78, 5) is 41.4. The van der Waals surface area contributed by atoms with Crippen LogP contribution in [-0.4, -0.2) is 55.3 Å². The summed E-state index contributed by atoms with van der Waals surface area (Å²) >= 11 is 0. The zero-order valence-corrected chi connectivity index (χ0v) is 22.9. The number of nitrogens with one attached hydrogen (secondary N) is 1. The molecule has 0 spiro atoms. The van der Waals surface area contributed by atoms with Gasteiger partial charge in [-0.05, 0) is 60.7 Å². The van der Waals surface area contributed by atoms with E-state index >= 15 is 0 Å². The van der Waals surface area contributed by atoms with E-state index in [1.807, 2.05) is 43.3 Å².